The molecule has 3 aliphatic rings. The van der Waals surface area contributed by atoms with Crippen LogP contribution in [0, 0.1) is 5.41 Å². The van der Waals surface area contributed by atoms with Gasteiger partial charge in [0.2, 0.25) is 5.91 Å². The van der Waals surface area contributed by atoms with E-state index in [4.69, 9.17) is 29.3 Å². The molecule has 1 aromatic carbocycles. The summed E-state index contributed by atoms with van der Waals surface area (Å²) < 4.78 is 10.2. The van der Waals surface area contributed by atoms with E-state index in [1.54, 1.807) is 12.1 Å². The van der Waals surface area contributed by atoms with E-state index in [-0.39, 0.29) is 24.3 Å². The summed E-state index contributed by atoms with van der Waals surface area (Å²) >= 11 is 0. The van der Waals surface area contributed by atoms with Gasteiger partial charge in [-0.2, -0.15) is 0 Å². The lowest BCUT2D eigenvalue weighted by Gasteiger charge is -2.29. The molecule has 0 aromatic heterocycles. The quantitative estimate of drug-likeness (QED) is 0.429. The summed E-state index contributed by atoms with van der Waals surface area (Å²) in [6.45, 7) is 8.28. The van der Waals surface area contributed by atoms with Crippen LogP contribution in [0.5, 0.6) is 0 Å². The maximum Gasteiger partial charge on any atom is 0.337 e. The van der Waals surface area contributed by atoms with E-state index < -0.39 is 0 Å². The first-order valence-corrected chi connectivity index (χ1v) is 11.6. The van der Waals surface area contributed by atoms with Gasteiger partial charge in [-0.3, -0.25) is 24.2 Å². The average molecular weight is 494 g/mol. The van der Waals surface area contributed by atoms with Gasteiger partial charge in [-0.15, -0.1) is 0 Å². The Kier molecular flexibility index (Phi) is 11.6. The van der Waals surface area contributed by atoms with Crippen molar-refractivity contribution in [3.8, 4) is 0 Å². The van der Waals surface area contributed by atoms with Crippen molar-refractivity contribution in [1.82, 2.24) is 14.7 Å². The third-order valence-corrected chi connectivity index (χ3v) is 6.61. The van der Waals surface area contributed by atoms with Crippen molar-refractivity contribution in [2.24, 2.45) is 5.41 Å². The Labute approximate surface area is 205 Å². The smallest absolute Gasteiger partial charge is 0.337 e. The molecule has 2 N–H and O–H groups in total. The highest BCUT2D eigenvalue weighted by Gasteiger charge is 2.50. The summed E-state index contributed by atoms with van der Waals surface area (Å²) in [6.07, 6.45) is 1.91. The molecule has 11 nitrogen and oxygen atoms in total. The highest BCUT2D eigenvalue weighted by Crippen LogP contribution is 2.41. The molecule has 35 heavy (non-hydrogen) atoms. The molecule has 1 atom stereocenters. The van der Waals surface area contributed by atoms with E-state index in [1.807, 2.05) is 12.1 Å². The number of carbonyl (C=O) groups excluding carboxylic acids is 2. The van der Waals surface area contributed by atoms with Crippen molar-refractivity contribution < 1.29 is 38.9 Å². The van der Waals surface area contributed by atoms with Crippen LogP contribution in [0.25, 0.3) is 0 Å². The van der Waals surface area contributed by atoms with Crippen molar-refractivity contribution in [1.29, 1.82) is 0 Å². The number of morpholine rings is 1. The predicted octanol–water partition coefficient (Wildman–Crippen LogP) is 0.631. The highest BCUT2D eigenvalue weighted by molar-refractivity contribution is 5.89. The predicted molar refractivity (Wildman–Crippen MR) is 126 cm³/mol. The van der Waals surface area contributed by atoms with Gasteiger partial charge in [0.1, 0.15) is 0 Å². The first kappa shape index (κ1) is 28.2. The van der Waals surface area contributed by atoms with Gasteiger partial charge >= 0.3 is 5.97 Å². The first-order chi connectivity index (χ1) is 16.9. The molecule has 3 saturated heterocycles. The van der Waals surface area contributed by atoms with Crippen molar-refractivity contribution >= 4 is 24.8 Å². The Morgan fingerprint density at radius 1 is 1.00 bits per heavy atom. The number of carbonyl (C=O) groups is 4. The van der Waals surface area contributed by atoms with Crippen molar-refractivity contribution in [3.63, 3.8) is 0 Å². The number of methoxy groups -OCH3 is 1. The molecule has 4 rings (SSSR count). The maximum absolute atomic E-state index is 13.2. The van der Waals surface area contributed by atoms with Gasteiger partial charge in [0.05, 0.1) is 31.3 Å². The summed E-state index contributed by atoms with van der Waals surface area (Å²) in [5.41, 5.74) is 1.53. The van der Waals surface area contributed by atoms with E-state index >= 15 is 0 Å². The highest BCUT2D eigenvalue weighted by atomic mass is 16.5. The number of hydrogen-bond donors (Lipinski definition) is 2. The van der Waals surface area contributed by atoms with E-state index in [1.165, 1.54) is 7.11 Å². The minimum absolute atomic E-state index is 0.197. The van der Waals surface area contributed by atoms with Crippen LogP contribution in [-0.2, 0) is 30.4 Å². The Morgan fingerprint density at radius 3 is 2.20 bits per heavy atom. The topological polar surface area (TPSA) is 137 Å². The number of hydrogen-bond acceptors (Lipinski definition) is 8. The lowest BCUT2D eigenvalue weighted by Crippen LogP contribution is -2.43. The molecular weight excluding hydrogens is 458 g/mol. The van der Waals surface area contributed by atoms with Crippen LogP contribution in [-0.4, -0.2) is 116 Å². The number of benzene rings is 1. The third-order valence-electron chi connectivity index (χ3n) is 6.61. The number of esters is 1. The molecule has 3 aliphatic heterocycles. The number of likely N-dealkylation sites (tertiary alicyclic amines) is 2. The van der Waals surface area contributed by atoms with E-state index in [0.717, 1.165) is 84.0 Å². The van der Waals surface area contributed by atoms with Gasteiger partial charge in [-0.05, 0) is 37.1 Å². The average Bonchev–Trinajstić information content (AvgIpc) is 3.42. The number of rotatable bonds is 6. The van der Waals surface area contributed by atoms with Crippen LogP contribution in [0.4, 0.5) is 0 Å². The molecule has 1 aromatic rings. The molecule has 194 valence electrons. The minimum Gasteiger partial charge on any atom is -0.483 e. The molecule has 0 saturated carbocycles. The largest absolute Gasteiger partial charge is 0.483 e. The number of nitrogens with zero attached hydrogens (tertiary/aromatic N) is 3. The molecule has 0 bridgehead atoms. The SMILES string of the molecule is COC(=O)c1ccc(CN2CCC3(CCN(CCN4CCOCC4)C3=O)C2)cc1.O=CO.O=CO. The molecule has 1 unspecified atom stereocenters. The lowest BCUT2D eigenvalue weighted by molar-refractivity contribution is -0.135. The molecular formula is C24H35N3O8. The molecule has 0 aliphatic carbocycles. The molecule has 0 radical (unpaired) electrons. The Hall–Kier alpha value is -3.02. The first-order valence-electron chi connectivity index (χ1n) is 11.6. The zero-order chi connectivity index (χ0) is 25.7. The molecule has 1 spiro atoms. The fourth-order valence-electron chi connectivity index (χ4n) is 4.79. The van der Waals surface area contributed by atoms with E-state index in [9.17, 15) is 9.59 Å². The van der Waals surface area contributed by atoms with Gasteiger partial charge < -0.3 is 24.6 Å². The number of amides is 1. The number of carboxylic acid groups (broad SMARTS) is 2. The third kappa shape index (κ3) is 8.01. The van der Waals surface area contributed by atoms with Crippen LogP contribution in [0.3, 0.4) is 0 Å². The van der Waals surface area contributed by atoms with Crippen LogP contribution in [0.1, 0.15) is 28.8 Å². The van der Waals surface area contributed by atoms with Gasteiger partial charge in [-0.1, -0.05) is 12.1 Å². The zero-order valence-corrected chi connectivity index (χ0v) is 20.1. The minimum atomic E-state index is -0.314. The summed E-state index contributed by atoms with van der Waals surface area (Å²) in [6, 6.07) is 7.56. The standard InChI is InChI=1S/C22H31N3O4.2CH2O2/c1-28-20(26)19-4-2-18(3-5-19)16-24-8-6-22(17-24)7-9-25(21(22)27)11-10-23-12-14-29-15-13-23;2*2-1-3/h2-5H,6-17H2,1H3;2*1H,(H,2,3). The van der Waals surface area contributed by atoms with Crippen molar-refractivity contribution in [2.45, 2.75) is 19.4 Å². The Bertz CT molecular complexity index is 823. The Balaban J connectivity index is 0.000000655. The van der Waals surface area contributed by atoms with Gasteiger partial charge in [0.15, 0.2) is 0 Å². The summed E-state index contributed by atoms with van der Waals surface area (Å²) in [4.78, 5) is 48.3. The summed E-state index contributed by atoms with van der Waals surface area (Å²) in [5.74, 6) is 0.0275. The van der Waals surface area contributed by atoms with Crippen LogP contribution < -0.4 is 0 Å². The van der Waals surface area contributed by atoms with Crippen LogP contribution >= 0.6 is 0 Å². The maximum atomic E-state index is 13.2. The fraction of sp³-hybridized carbons (Fsp3) is 0.583. The second kappa shape index (κ2) is 14.4. The van der Waals surface area contributed by atoms with E-state index in [0.29, 0.717) is 11.5 Å². The van der Waals surface area contributed by atoms with Crippen molar-refractivity contribution in [2.75, 3.05) is 66.1 Å². The normalized spacial score (nSPS) is 22.1. The van der Waals surface area contributed by atoms with E-state index in [2.05, 4.69) is 14.7 Å². The Morgan fingerprint density at radius 2 is 1.60 bits per heavy atom. The number of ether oxygens (including phenoxy) is 2. The zero-order valence-electron chi connectivity index (χ0n) is 20.1. The monoisotopic (exact) mass is 493 g/mol. The second-order valence-corrected chi connectivity index (χ2v) is 8.64. The van der Waals surface area contributed by atoms with Crippen molar-refractivity contribution in [3.05, 3.63) is 35.4 Å². The molecule has 1 amide bonds. The molecule has 3 fully saturated rings. The van der Waals surface area contributed by atoms with Gasteiger partial charge in [0.25, 0.3) is 12.9 Å². The van der Waals surface area contributed by atoms with Crippen LogP contribution in [0.2, 0.25) is 0 Å². The summed E-state index contributed by atoms with van der Waals surface area (Å²) in [5, 5.41) is 13.8. The lowest BCUT2D eigenvalue weighted by atomic mass is 9.85. The molecule has 11 heteroatoms. The second-order valence-electron chi connectivity index (χ2n) is 8.64. The van der Waals surface area contributed by atoms with Gasteiger partial charge in [-0.25, -0.2) is 4.79 Å². The molecule has 3 heterocycles. The van der Waals surface area contributed by atoms with Crippen LogP contribution in [0.15, 0.2) is 24.3 Å². The fourth-order valence-corrected chi connectivity index (χ4v) is 4.79. The summed E-state index contributed by atoms with van der Waals surface area (Å²) in [7, 11) is 1.39. The van der Waals surface area contributed by atoms with Gasteiger partial charge in [0, 0.05) is 45.8 Å².